The van der Waals surface area contributed by atoms with E-state index < -0.39 is 0 Å². The van der Waals surface area contributed by atoms with Gasteiger partial charge >= 0.3 is 0 Å². The summed E-state index contributed by atoms with van der Waals surface area (Å²) in [6, 6.07) is 0.296. The molecule has 2 unspecified atom stereocenters. The number of aliphatic imine (C=N–C) groups is 1. The Kier molecular flexibility index (Phi) is 0.990. The highest BCUT2D eigenvalue weighted by Gasteiger charge is 2.34. The normalized spacial score (nSPS) is 39.9. The van der Waals surface area contributed by atoms with Gasteiger partial charge in [-0.2, -0.15) is 0 Å². The zero-order valence-corrected chi connectivity index (χ0v) is 5.33. The minimum atomic E-state index is 0.227. The molecule has 1 fully saturated rings. The average molecular weight is 127 g/mol. The van der Waals surface area contributed by atoms with Crippen molar-refractivity contribution in [2.75, 3.05) is 13.2 Å². The standard InChI is InChI=1S/C6H9NO2/c1-4-7-5-2-8-3-6(5)9-4/h5-6H,2-3H2,1H3. The topological polar surface area (TPSA) is 30.8 Å². The van der Waals surface area contributed by atoms with Crippen molar-refractivity contribution in [2.24, 2.45) is 4.99 Å². The van der Waals surface area contributed by atoms with Crippen LogP contribution < -0.4 is 0 Å². The SMILES string of the molecule is CC1=NC2COCC2O1. The van der Waals surface area contributed by atoms with Gasteiger partial charge in [0.15, 0.2) is 5.90 Å². The molecule has 0 spiro atoms. The summed E-state index contributed by atoms with van der Waals surface area (Å²) in [7, 11) is 0. The van der Waals surface area contributed by atoms with Crippen LogP contribution in [0.2, 0.25) is 0 Å². The van der Waals surface area contributed by atoms with Crippen LogP contribution in [0.15, 0.2) is 4.99 Å². The summed E-state index contributed by atoms with van der Waals surface area (Å²) in [5.41, 5.74) is 0. The van der Waals surface area contributed by atoms with E-state index in [0.717, 1.165) is 12.5 Å². The lowest BCUT2D eigenvalue weighted by Gasteiger charge is -2.03. The molecule has 0 amide bonds. The van der Waals surface area contributed by atoms with Crippen molar-refractivity contribution < 1.29 is 9.47 Å². The van der Waals surface area contributed by atoms with E-state index in [1.807, 2.05) is 6.92 Å². The molecular weight excluding hydrogens is 118 g/mol. The van der Waals surface area contributed by atoms with Gasteiger partial charge < -0.3 is 9.47 Å². The van der Waals surface area contributed by atoms with E-state index in [9.17, 15) is 0 Å². The molecule has 50 valence electrons. The van der Waals surface area contributed by atoms with Crippen LogP contribution in [0.1, 0.15) is 6.92 Å². The first-order chi connectivity index (χ1) is 4.36. The van der Waals surface area contributed by atoms with Crippen molar-refractivity contribution >= 4 is 5.90 Å². The second kappa shape index (κ2) is 1.70. The lowest BCUT2D eigenvalue weighted by molar-refractivity contribution is 0.137. The Hall–Kier alpha value is -0.570. The first-order valence-corrected chi connectivity index (χ1v) is 3.15. The monoisotopic (exact) mass is 127 g/mol. The number of ether oxygens (including phenoxy) is 2. The van der Waals surface area contributed by atoms with Crippen LogP contribution >= 0.6 is 0 Å². The van der Waals surface area contributed by atoms with Gasteiger partial charge in [-0.3, -0.25) is 0 Å². The van der Waals surface area contributed by atoms with Gasteiger partial charge in [0.05, 0.1) is 13.2 Å². The highest BCUT2D eigenvalue weighted by molar-refractivity contribution is 5.75. The van der Waals surface area contributed by atoms with E-state index >= 15 is 0 Å². The van der Waals surface area contributed by atoms with Gasteiger partial charge in [0.1, 0.15) is 12.1 Å². The van der Waals surface area contributed by atoms with Crippen molar-refractivity contribution in [3.05, 3.63) is 0 Å². The number of rotatable bonds is 0. The largest absolute Gasteiger partial charge is 0.473 e. The average Bonchev–Trinajstić information content (AvgIpc) is 2.22. The van der Waals surface area contributed by atoms with Crippen molar-refractivity contribution in [3.63, 3.8) is 0 Å². The molecule has 2 rings (SSSR count). The second-order valence-corrected chi connectivity index (χ2v) is 2.41. The summed E-state index contributed by atoms with van der Waals surface area (Å²) < 4.78 is 10.4. The van der Waals surface area contributed by atoms with Gasteiger partial charge in [-0.1, -0.05) is 0 Å². The van der Waals surface area contributed by atoms with E-state index in [0.29, 0.717) is 12.6 Å². The fourth-order valence-corrected chi connectivity index (χ4v) is 1.24. The van der Waals surface area contributed by atoms with Crippen molar-refractivity contribution in [2.45, 2.75) is 19.1 Å². The molecule has 9 heavy (non-hydrogen) atoms. The Balaban J connectivity index is 2.13. The molecule has 0 aromatic rings. The van der Waals surface area contributed by atoms with E-state index in [1.54, 1.807) is 0 Å². The molecule has 1 saturated heterocycles. The number of hydrogen-bond acceptors (Lipinski definition) is 3. The van der Waals surface area contributed by atoms with Gasteiger partial charge in [0.2, 0.25) is 0 Å². The smallest absolute Gasteiger partial charge is 0.181 e. The number of fused-ring (bicyclic) bond motifs is 1. The van der Waals surface area contributed by atoms with Gasteiger partial charge in [0, 0.05) is 6.92 Å². The zero-order chi connectivity index (χ0) is 6.27. The van der Waals surface area contributed by atoms with Gasteiger partial charge in [-0.25, -0.2) is 4.99 Å². The maximum Gasteiger partial charge on any atom is 0.181 e. The first-order valence-electron chi connectivity index (χ1n) is 3.15. The fraction of sp³-hybridized carbons (Fsp3) is 0.833. The molecule has 3 nitrogen and oxygen atoms in total. The number of nitrogens with zero attached hydrogens (tertiary/aromatic N) is 1. The molecule has 2 atom stereocenters. The molecule has 2 heterocycles. The Morgan fingerprint density at radius 2 is 2.44 bits per heavy atom. The third-order valence-electron chi connectivity index (χ3n) is 1.67. The lowest BCUT2D eigenvalue weighted by atomic mass is 10.2. The minimum absolute atomic E-state index is 0.227. The van der Waals surface area contributed by atoms with Gasteiger partial charge in [0.25, 0.3) is 0 Å². The zero-order valence-electron chi connectivity index (χ0n) is 5.33. The molecule has 0 saturated carbocycles. The van der Waals surface area contributed by atoms with Crippen LogP contribution in [0, 0.1) is 0 Å². The molecule has 0 bridgehead atoms. The van der Waals surface area contributed by atoms with Gasteiger partial charge in [-0.15, -0.1) is 0 Å². The lowest BCUT2D eigenvalue weighted by Crippen LogP contribution is -2.18. The molecule has 2 aliphatic heterocycles. The summed E-state index contributed by atoms with van der Waals surface area (Å²) in [4.78, 5) is 4.22. The van der Waals surface area contributed by atoms with E-state index in [2.05, 4.69) is 4.99 Å². The second-order valence-electron chi connectivity index (χ2n) is 2.41. The third kappa shape index (κ3) is 0.721. The quantitative estimate of drug-likeness (QED) is 0.465. The molecule has 0 aromatic heterocycles. The molecule has 0 radical (unpaired) electrons. The summed E-state index contributed by atoms with van der Waals surface area (Å²) in [6.07, 6.45) is 0.227. The Morgan fingerprint density at radius 3 is 3.22 bits per heavy atom. The number of hydrogen-bond donors (Lipinski definition) is 0. The predicted octanol–water partition coefficient (Wildman–Crippen LogP) is 0.202. The summed E-state index contributed by atoms with van der Waals surface area (Å²) in [5.74, 6) is 0.813. The van der Waals surface area contributed by atoms with Gasteiger partial charge in [-0.05, 0) is 0 Å². The van der Waals surface area contributed by atoms with Crippen LogP contribution in [-0.4, -0.2) is 31.3 Å². The third-order valence-corrected chi connectivity index (χ3v) is 1.67. The van der Waals surface area contributed by atoms with E-state index in [-0.39, 0.29) is 6.10 Å². The van der Waals surface area contributed by atoms with Crippen LogP contribution in [0.4, 0.5) is 0 Å². The molecule has 3 heteroatoms. The maximum atomic E-state index is 5.31. The van der Waals surface area contributed by atoms with Crippen LogP contribution in [0.5, 0.6) is 0 Å². The van der Waals surface area contributed by atoms with Crippen molar-refractivity contribution in [1.82, 2.24) is 0 Å². The molecule has 0 aliphatic carbocycles. The molecule has 0 aromatic carbocycles. The van der Waals surface area contributed by atoms with Crippen molar-refractivity contribution in [3.8, 4) is 0 Å². The summed E-state index contributed by atoms with van der Waals surface area (Å²) >= 11 is 0. The van der Waals surface area contributed by atoms with Crippen LogP contribution in [0.25, 0.3) is 0 Å². The van der Waals surface area contributed by atoms with E-state index in [1.165, 1.54) is 0 Å². The fourth-order valence-electron chi connectivity index (χ4n) is 1.24. The Bertz CT molecular complexity index is 155. The first kappa shape index (κ1) is 5.23. The van der Waals surface area contributed by atoms with E-state index in [4.69, 9.17) is 9.47 Å². The Labute approximate surface area is 53.7 Å². The highest BCUT2D eigenvalue weighted by Crippen LogP contribution is 2.19. The van der Waals surface area contributed by atoms with Crippen LogP contribution in [0.3, 0.4) is 0 Å². The van der Waals surface area contributed by atoms with Crippen LogP contribution in [-0.2, 0) is 9.47 Å². The maximum absolute atomic E-state index is 5.31. The molecule has 2 aliphatic rings. The van der Waals surface area contributed by atoms with Crippen molar-refractivity contribution in [1.29, 1.82) is 0 Å². The minimum Gasteiger partial charge on any atom is -0.473 e. The highest BCUT2D eigenvalue weighted by atomic mass is 16.6. The molecular formula is C6H9NO2. The Morgan fingerprint density at radius 1 is 1.56 bits per heavy atom. The molecule has 0 N–H and O–H groups in total. The predicted molar refractivity (Wildman–Crippen MR) is 32.6 cm³/mol. The summed E-state index contributed by atoms with van der Waals surface area (Å²) in [5, 5.41) is 0. The summed E-state index contributed by atoms with van der Waals surface area (Å²) in [6.45, 7) is 3.34.